The molecule has 0 unspecified atom stereocenters. The third kappa shape index (κ3) is 4.79. The number of benzene rings is 1. The van der Waals surface area contributed by atoms with Crippen molar-refractivity contribution in [3.05, 3.63) is 69.8 Å². The van der Waals surface area contributed by atoms with Crippen molar-refractivity contribution in [1.82, 2.24) is 9.62 Å². The van der Waals surface area contributed by atoms with Gasteiger partial charge in [-0.1, -0.05) is 11.6 Å². The zero-order valence-electron chi connectivity index (χ0n) is 18.0. The third-order valence-electron chi connectivity index (χ3n) is 4.88. The predicted molar refractivity (Wildman–Crippen MR) is 119 cm³/mol. The fourth-order valence-corrected chi connectivity index (χ4v) is 4.51. The van der Waals surface area contributed by atoms with Crippen LogP contribution in [-0.4, -0.2) is 38.3 Å². The van der Waals surface area contributed by atoms with E-state index >= 15 is 0 Å². The van der Waals surface area contributed by atoms with Crippen LogP contribution in [0, 0.1) is 0 Å². The van der Waals surface area contributed by atoms with Gasteiger partial charge in [0.15, 0.2) is 0 Å². The number of nitrogens with zero attached hydrogens (tertiary/aromatic N) is 1. The van der Waals surface area contributed by atoms with Crippen LogP contribution >= 0.6 is 11.6 Å². The Morgan fingerprint density at radius 1 is 1.22 bits per heavy atom. The summed E-state index contributed by atoms with van der Waals surface area (Å²) in [5, 5.41) is 0.431. The number of amides is 1. The first-order chi connectivity index (χ1) is 15.0. The first kappa shape index (κ1) is 23.8. The Kier molecular flexibility index (Phi) is 6.92. The van der Waals surface area contributed by atoms with Gasteiger partial charge in [0.1, 0.15) is 11.5 Å². The molecule has 0 fully saturated rings. The maximum Gasteiger partial charge on any atom is 0.340 e. The quantitative estimate of drug-likeness (QED) is 0.482. The van der Waals surface area contributed by atoms with E-state index in [4.69, 9.17) is 20.8 Å². The van der Waals surface area contributed by atoms with Crippen LogP contribution in [0.2, 0.25) is 5.02 Å². The van der Waals surface area contributed by atoms with Gasteiger partial charge in [-0.2, -0.15) is 0 Å². The fourth-order valence-electron chi connectivity index (χ4n) is 3.39. The van der Waals surface area contributed by atoms with E-state index in [1.165, 1.54) is 42.4 Å². The second kappa shape index (κ2) is 9.32. The molecule has 1 amide bonds. The number of nitrogens with one attached hydrogen (secondary N) is 1. The van der Waals surface area contributed by atoms with Crippen molar-refractivity contribution in [2.24, 2.45) is 0 Å². The molecule has 0 atom stereocenters. The molecule has 0 saturated heterocycles. The number of methoxy groups -OCH3 is 1. The van der Waals surface area contributed by atoms with E-state index in [-0.39, 0.29) is 34.5 Å². The maximum atomic E-state index is 12.9. The molecule has 8 nitrogen and oxygen atoms in total. The molecule has 0 saturated carbocycles. The lowest BCUT2D eigenvalue weighted by molar-refractivity contribution is -0.136. The van der Waals surface area contributed by atoms with Crippen LogP contribution in [-0.2, 0) is 30.9 Å². The molecule has 1 aliphatic rings. The van der Waals surface area contributed by atoms with Gasteiger partial charge in [-0.25, -0.2) is 17.9 Å². The van der Waals surface area contributed by atoms with Crippen LogP contribution in [0.15, 0.2) is 62.6 Å². The van der Waals surface area contributed by atoms with Gasteiger partial charge >= 0.3 is 5.97 Å². The summed E-state index contributed by atoms with van der Waals surface area (Å²) >= 11 is 5.80. The van der Waals surface area contributed by atoms with Crippen LogP contribution in [0.4, 0.5) is 0 Å². The van der Waals surface area contributed by atoms with Crippen molar-refractivity contribution in [1.29, 1.82) is 0 Å². The van der Waals surface area contributed by atoms with E-state index in [2.05, 4.69) is 4.72 Å². The number of sulfonamides is 1. The summed E-state index contributed by atoms with van der Waals surface area (Å²) in [5.74, 6) is -0.318. The monoisotopic (exact) mass is 478 g/mol. The van der Waals surface area contributed by atoms with E-state index in [1.54, 1.807) is 19.1 Å². The topological polar surface area (TPSA) is 106 Å². The predicted octanol–water partition coefficient (Wildman–Crippen LogP) is 3.49. The molecule has 1 aromatic carbocycles. The number of furan rings is 1. The van der Waals surface area contributed by atoms with Gasteiger partial charge in [-0.15, -0.1) is 0 Å². The molecular weight excluding hydrogens is 456 g/mol. The minimum absolute atomic E-state index is 0.0736. The summed E-state index contributed by atoms with van der Waals surface area (Å²) < 4.78 is 37.8. The van der Waals surface area contributed by atoms with Crippen LogP contribution in [0.1, 0.15) is 32.3 Å². The van der Waals surface area contributed by atoms with E-state index in [0.29, 0.717) is 22.2 Å². The lowest BCUT2D eigenvalue weighted by Crippen LogP contribution is -2.31. The molecule has 170 valence electrons. The normalized spacial score (nSPS) is 15.9. The zero-order chi connectivity index (χ0) is 23.6. The molecule has 1 aliphatic heterocycles. The molecule has 3 rings (SSSR count). The smallest absolute Gasteiger partial charge is 0.340 e. The highest BCUT2D eigenvalue weighted by Gasteiger charge is 2.38. The van der Waals surface area contributed by atoms with Crippen molar-refractivity contribution in [2.45, 2.75) is 38.3 Å². The maximum absolute atomic E-state index is 12.9. The highest BCUT2D eigenvalue weighted by molar-refractivity contribution is 7.89. The lowest BCUT2D eigenvalue weighted by atomic mass is 10.1. The highest BCUT2D eigenvalue weighted by atomic mass is 35.5. The lowest BCUT2D eigenvalue weighted by Gasteiger charge is -2.22. The Morgan fingerprint density at radius 3 is 2.47 bits per heavy atom. The molecule has 0 radical (unpaired) electrons. The van der Waals surface area contributed by atoms with Gasteiger partial charge in [0.25, 0.3) is 5.91 Å². The minimum Gasteiger partial charge on any atom is -0.465 e. The Balaban J connectivity index is 1.82. The van der Waals surface area contributed by atoms with Crippen molar-refractivity contribution in [3.8, 4) is 0 Å². The molecular formula is C22H23ClN2O6S. The van der Waals surface area contributed by atoms with Crippen molar-refractivity contribution >= 4 is 39.6 Å². The van der Waals surface area contributed by atoms with Gasteiger partial charge in [0.05, 0.1) is 29.7 Å². The van der Waals surface area contributed by atoms with Crippen LogP contribution in [0.25, 0.3) is 6.08 Å². The molecule has 0 bridgehead atoms. The second-order valence-electron chi connectivity index (χ2n) is 7.36. The second-order valence-corrected chi connectivity index (χ2v) is 9.56. The molecule has 0 aliphatic carbocycles. The largest absolute Gasteiger partial charge is 0.465 e. The number of carbonyl (C=O) groups excluding carboxylic acids is 2. The number of allylic oxidation sites excluding steroid dienone is 1. The summed E-state index contributed by atoms with van der Waals surface area (Å²) in [4.78, 5) is 26.8. The summed E-state index contributed by atoms with van der Waals surface area (Å²) in [6.45, 7) is 5.27. The van der Waals surface area contributed by atoms with Gasteiger partial charge < -0.3 is 14.1 Å². The first-order valence-corrected chi connectivity index (χ1v) is 11.6. The average Bonchev–Trinajstić information content (AvgIpc) is 3.28. The highest BCUT2D eigenvalue weighted by Crippen LogP contribution is 2.33. The van der Waals surface area contributed by atoms with Gasteiger partial charge in [0.2, 0.25) is 10.0 Å². The number of halogens is 1. The Hall–Kier alpha value is -2.88. The van der Waals surface area contributed by atoms with E-state index < -0.39 is 16.0 Å². The standard InChI is InChI=1S/C22H23ClN2O6S/c1-13(2)25-14(3)20(22(27)30-4)19(21(25)26)11-16-7-8-17(31-16)12-24-32(28,29)18-9-5-15(23)6-10-18/h5-11,13,24H,12H2,1-4H3/b19-11+. The molecule has 1 N–H and O–H groups in total. The Labute approximate surface area is 191 Å². The summed E-state index contributed by atoms with van der Waals surface area (Å²) in [7, 11) is -2.51. The fraction of sp³-hybridized carbons (Fsp3) is 0.273. The summed E-state index contributed by atoms with van der Waals surface area (Å²) in [6.07, 6.45) is 1.46. The van der Waals surface area contributed by atoms with Crippen molar-refractivity contribution in [2.75, 3.05) is 7.11 Å². The third-order valence-corrected chi connectivity index (χ3v) is 6.55. The van der Waals surface area contributed by atoms with Crippen molar-refractivity contribution < 1.29 is 27.2 Å². The van der Waals surface area contributed by atoms with Crippen LogP contribution in [0.3, 0.4) is 0 Å². The zero-order valence-corrected chi connectivity index (χ0v) is 19.6. The van der Waals surface area contributed by atoms with Gasteiger partial charge in [0, 0.05) is 16.8 Å². The number of ether oxygens (including phenoxy) is 1. The molecule has 2 heterocycles. The van der Waals surface area contributed by atoms with Gasteiger partial charge in [-0.05, 0) is 63.2 Å². The Bertz CT molecular complexity index is 1210. The van der Waals surface area contributed by atoms with E-state index in [1.807, 2.05) is 13.8 Å². The molecule has 32 heavy (non-hydrogen) atoms. The summed E-state index contributed by atoms with van der Waals surface area (Å²) in [6, 6.07) is 8.80. The molecule has 1 aromatic heterocycles. The molecule has 10 heteroatoms. The Morgan fingerprint density at radius 2 is 1.88 bits per heavy atom. The number of hydrogen-bond acceptors (Lipinski definition) is 6. The van der Waals surface area contributed by atoms with Crippen LogP contribution in [0.5, 0.6) is 0 Å². The van der Waals surface area contributed by atoms with Crippen LogP contribution < -0.4 is 4.72 Å². The average molecular weight is 479 g/mol. The van der Waals surface area contributed by atoms with Gasteiger partial charge in [-0.3, -0.25) is 4.79 Å². The number of esters is 1. The minimum atomic E-state index is -3.76. The number of carbonyl (C=O) groups is 2. The summed E-state index contributed by atoms with van der Waals surface area (Å²) in [5.41, 5.74) is 0.837. The molecule has 0 spiro atoms. The van der Waals surface area contributed by atoms with E-state index in [0.717, 1.165) is 0 Å². The van der Waals surface area contributed by atoms with E-state index in [9.17, 15) is 18.0 Å². The SMILES string of the molecule is COC(=O)C1=C(C)N(C(C)C)C(=O)/C1=C/c1ccc(CNS(=O)(=O)c2ccc(Cl)cc2)o1. The number of hydrogen-bond donors (Lipinski definition) is 1. The number of rotatable bonds is 7. The first-order valence-electron chi connectivity index (χ1n) is 9.74. The van der Waals surface area contributed by atoms with Crippen molar-refractivity contribution in [3.63, 3.8) is 0 Å². The molecule has 2 aromatic rings.